The first kappa shape index (κ1) is 37.5. The lowest BCUT2D eigenvalue weighted by molar-refractivity contribution is -0.384. The number of rotatable bonds is 8. The SMILES string of the molecule is C=C(C)C(=O)Oc1ccc(C[C@H](NC(=S)Nc2ccc([N+](=O)[O-])cc2)C(=O)N2CCOCCOCCOCCOCCOCC2)cc1. The maximum Gasteiger partial charge on any atom is 0.338 e. The molecule has 0 radical (unpaired) electrons. The van der Waals surface area contributed by atoms with Crippen LogP contribution in [0.15, 0.2) is 60.7 Å². The van der Waals surface area contributed by atoms with E-state index in [9.17, 15) is 19.7 Å². The number of nitro benzene ring substituents is 1. The Morgan fingerprint density at radius 1 is 0.872 bits per heavy atom. The second-order valence-electron chi connectivity index (χ2n) is 10.4. The van der Waals surface area contributed by atoms with E-state index in [4.69, 9.17) is 40.6 Å². The fourth-order valence-corrected chi connectivity index (χ4v) is 4.46. The number of ether oxygens (including phenoxy) is 6. The summed E-state index contributed by atoms with van der Waals surface area (Å²) in [7, 11) is 0. The molecule has 1 fully saturated rings. The summed E-state index contributed by atoms with van der Waals surface area (Å²) in [5.41, 5.74) is 1.50. The largest absolute Gasteiger partial charge is 0.423 e. The van der Waals surface area contributed by atoms with Crippen molar-refractivity contribution in [3.8, 4) is 5.75 Å². The topological polar surface area (TPSA) is 160 Å². The molecule has 256 valence electrons. The van der Waals surface area contributed by atoms with Gasteiger partial charge in [-0.15, -0.1) is 0 Å². The van der Waals surface area contributed by atoms with Crippen LogP contribution in [-0.4, -0.2) is 112 Å². The first-order valence-electron chi connectivity index (χ1n) is 15.2. The molecule has 2 aromatic carbocycles. The lowest BCUT2D eigenvalue weighted by Gasteiger charge is -2.29. The highest BCUT2D eigenvalue weighted by atomic mass is 32.1. The number of nitrogens with zero attached hydrogens (tertiary/aromatic N) is 2. The number of benzene rings is 2. The van der Waals surface area contributed by atoms with Gasteiger partial charge in [-0.3, -0.25) is 14.9 Å². The number of esters is 1. The summed E-state index contributed by atoms with van der Waals surface area (Å²) in [6.07, 6.45) is 0.234. The number of anilines is 1. The maximum atomic E-state index is 14.1. The van der Waals surface area contributed by atoms with E-state index in [1.807, 2.05) is 0 Å². The number of nitrogens with one attached hydrogen (secondary N) is 2. The monoisotopic (exact) mass is 674 g/mol. The Labute approximate surface area is 279 Å². The van der Waals surface area contributed by atoms with E-state index in [1.54, 1.807) is 36.1 Å². The number of hydrogen-bond donors (Lipinski definition) is 2. The number of carbonyl (C=O) groups is 2. The summed E-state index contributed by atoms with van der Waals surface area (Å²) in [6.45, 7) is 9.57. The zero-order valence-corrected chi connectivity index (χ0v) is 27.3. The van der Waals surface area contributed by atoms with Gasteiger partial charge < -0.3 is 44.0 Å². The molecule has 0 saturated carbocycles. The Morgan fingerprint density at radius 2 is 1.36 bits per heavy atom. The minimum absolute atomic E-state index is 0.0599. The van der Waals surface area contributed by atoms with Crippen LogP contribution < -0.4 is 15.4 Å². The highest BCUT2D eigenvalue weighted by molar-refractivity contribution is 7.80. The third kappa shape index (κ3) is 14.5. The van der Waals surface area contributed by atoms with Crippen LogP contribution in [0.4, 0.5) is 11.4 Å². The molecule has 1 aliphatic heterocycles. The van der Waals surface area contributed by atoms with E-state index in [1.165, 1.54) is 24.3 Å². The molecule has 47 heavy (non-hydrogen) atoms. The second-order valence-corrected chi connectivity index (χ2v) is 10.8. The van der Waals surface area contributed by atoms with Crippen molar-refractivity contribution in [2.45, 2.75) is 19.4 Å². The van der Waals surface area contributed by atoms with Gasteiger partial charge in [0.05, 0.1) is 71.0 Å². The Kier molecular flexibility index (Phi) is 16.7. The van der Waals surface area contributed by atoms with Gasteiger partial charge in [-0.1, -0.05) is 18.7 Å². The molecule has 0 spiro atoms. The predicted molar refractivity (Wildman–Crippen MR) is 178 cm³/mol. The number of thiocarbonyl (C=S) groups is 1. The van der Waals surface area contributed by atoms with Crippen molar-refractivity contribution in [2.24, 2.45) is 0 Å². The van der Waals surface area contributed by atoms with Gasteiger partial charge in [-0.05, 0) is 49.0 Å². The Balaban J connectivity index is 1.74. The van der Waals surface area contributed by atoms with Gasteiger partial charge in [-0.2, -0.15) is 0 Å². The molecule has 0 aromatic heterocycles. The van der Waals surface area contributed by atoms with E-state index >= 15 is 0 Å². The van der Waals surface area contributed by atoms with Crippen LogP contribution in [0.2, 0.25) is 0 Å². The highest BCUT2D eigenvalue weighted by Crippen LogP contribution is 2.17. The number of hydrogen-bond acceptors (Lipinski definition) is 11. The van der Waals surface area contributed by atoms with Gasteiger partial charge in [0.2, 0.25) is 5.91 Å². The average Bonchev–Trinajstić information content (AvgIpc) is 3.05. The van der Waals surface area contributed by atoms with E-state index in [2.05, 4.69) is 17.2 Å². The van der Waals surface area contributed by atoms with Crippen LogP contribution in [0.25, 0.3) is 0 Å². The molecule has 1 amide bonds. The quantitative estimate of drug-likeness (QED) is 0.105. The third-order valence-corrected chi connectivity index (χ3v) is 6.89. The molecular formula is C32H42N4O10S. The summed E-state index contributed by atoms with van der Waals surface area (Å²) in [6, 6.07) is 11.7. The van der Waals surface area contributed by atoms with Gasteiger partial charge in [0, 0.05) is 42.9 Å². The summed E-state index contributed by atoms with van der Waals surface area (Å²) >= 11 is 5.54. The van der Waals surface area contributed by atoms with Gasteiger partial charge in [0.15, 0.2) is 5.11 Å². The number of nitro groups is 1. The standard InChI is InChI=1S/C32H42N4O10S/c1-24(2)31(38)46-28-9-3-25(4-10-28)23-29(34-32(47)33-26-5-7-27(8-6-26)36(39)40)30(37)35-11-13-41-15-17-43-19-21-45-22-20-44-18-16-42-14-12-35/h3-10,29H,1,11-23H2,2H3,(H2,33,34,47)/t29-/m0/s1. The van der Waals surface area contributed by atoms with E-state index in [0.29, 0.717) is 77.4 Å². The van der Waals surface area contributed by atoms with Gasteiger partial charge in [0.1, 0.15) is 11.8 Å². The molecule has 2 aromatic rings. The molecule has 14 nitrogen and oxygen atoms in total. The molecule has 2 N–H and O–H groups in total. The van der Waals surface area contributed by atoms with Crippen LogP contribution in [0.1, 0.15) is 12.5 Å². The van der Waals surface area contributed by atoms with Gasteiger partial charge >= 0.3 is 5.97 Å². The number of amides is 1. The van der Waals surface area contributed by atoms with Crippen LogP contribution in [0.3, 0.4) is 0 Å². The van der Waals surface area contributed by atoms with Crippen LogP contribution in [0, 0.1) is 10.1 Å². The van der Waals surface area contributed by atoms with Crippen molar-refractivity contribution in [1.82, 2.24) is 10.2 Å². The molecule has 1 aliphatic rings. The van der Waals surface area contributed by atoms with E-state index < -0.39 is 16.9 Å². The normalized spacial score (nSPS) is 16.5. The maximum absolute atomic E-state index is 14.1. The Morgan fingerprint density at radius 3 is 1.83 bits per heavy atom. The summed E-state index contributed by atoms with van der Waals surface area (Å²) in [5.74, 6) is -0.442. The van der Waals surface area contributed by atoms with Gasteiger partial charge in [0.25, 0.3) is 5.69 Å². The molecule has 3 rings (SSSR count). The smallest absolute Gasteiger partial charge is 0.338 e. The van der Waals surface area contributed by atoms with Crippen molar-refractivity contribution in [1.29, 1.82) is 0 Å². The van der Waals surface area contributed by atoms with Crippen molar-refractivity contribution < 1.29 is 42.9 Å². The molecule has 1 saturated heterocycles. The van der Waals surface area contributed by atoms with Crippen LogP contribution in [0.5, 0.6) is 5.75 Å². The summed E-state index contributed by atoms with van der Waals surface area (Å²) in [4.78, 5) is 38.2. The molecule has 0 unspecified atom stereocenters. The van der Waals surface area contributed by atoms with Crippen molar-refractivity contribution in [2.75, 3.05) is 84.5 Å². The minimum atomic E-state index is -0.818. The number of carbonyl (C=O) groups excluding carboxylic acids is 2. The average molecular weight is 675 g/mol. The lowest BCUT2D eigenvalue weighted by Crippen LogP contribution is -2.52. The lowest BCUT2D eigenvalue weighted by atomic mass is 10.0. The zero-order chi connectivity index (χ0) is 33.9. The first-order chi connectivity index (χ1) is 22.7. The van der Waals surface area contributed by atoms with E-state index in [-0.39, 0.29) is 41.9 Å². The molecule has 0 aliphatic carbocycles. The zero-order valence-electron chi connectivity index (χ0n) is 26.5. The molecule has 1 heterocycles. The Hall–Kier alpha value is -3.99. The molecule has 1 atom stereocenters. The summed E-state index contributed by atoms with van der Waals surface area (Å²) < 4.78 is 33.2. The van der Waals surface area contributed by atoms with Crippen molar-refractivity contribution in [3.63, 3.8) is 0 Å². The summed E-state index contributed by atoms with van der Waals surface area (Å²) in [5, 5.41) is 17.3. The third-order valence-electron chi connectivity index (χ3n) is 6.67. The Bertz CT molecular complexity index is 1290. The first-order valence-corrected chi connectivity index (χ1v) is 15.6. The number of non-ortho nitro benzene ring substituents is 1. The minimum Gasteiger partial charge on any atom is -0.423 e. The van der Waals surface area contributed by atoms with Gasteiger partial charge in [-0.25, -0.2) is 4.79 Å². The van der Waals surface area contributed by atoms with E-state index in [0.717, 1.165) is 5.56 Å². The van der Waals surface area contributed by atoms with Crippen LogP contribution >= 0.6 is 12.2 Å². The van der Waals surface area contributed by atoms with Crippen molar-refractivity contribution >= 4 is 40.6 Å². The fraction of sp³-hybridized carbons (Fsp3) is 0.469. The van der Waals surface area contributed by atoms with Crippen molar-refractivity contribution in [3.05, 3.63) is 76.4 Å². The fourth-order valence-electron chi connectivity index (χ4n) is 4.20. The molecule has 15 heteroatoms. The molecular weight excluding hydrogens is 632 g/mol. The van der Waals surface area contributed by atoms with Crippen LogP contribution in [-0.2, 0) is 39.7 Å². The predicted octanol–water partition coefficient (Wildman–Crippen LogP) is 2.90. The molecule has 0 bridgehead atoms. The highest BCUT2D eigenvalue weighted by Gasteiger charge is 2.26. The second kappa shape index (κ2) is 21.0.